The number of nitrogens with one attached hydrogen (secondary N) is 1. The van der Waals surface area contributed by atoms with Crippen LogP contribution in [0.15, 0.2) is 12.4 Å². The summed E-state index contributed by atoms with van der Waals surface area (Å²) in [5, 5.41) is 3.32. The molecule has 0 saturated carbocycles. The van der Waals surface area contributed by atoms with E-state index in [9.17, 15) is 0 Å². The molecule has 5 heteroatoms. The number of aromatic nitrogens is 2. The van der Waals surface area contributed by atoms with Gasteiger partial charge >= 0.3 is 0 Å². The van der Waals surface area contributed by atoms with Gasteiger partial charge in [0.05, 0.1) is 5.54 Å². The van der Waals surface area contributed by atoms with Gasteiger partial charge in [0.15, 0.2) is 0 Å². The zero-order chi connectivity index (χ0) is 12.9. The summed E-state index contributed by atoms with van der Waals surface area (Å²) in [6, 6.07) is 1.95. The topological polar surface area (TPSA) is 37.8 Å². The van der Waals surface area contributed by atoms with Gasteiger partial charge in [0.1, 0.15) is 12.1 Å². The zero-order valence-electron chi connectivity index (χ0n) is 10.5. The first-order chi connectivity index (χ1) is 8.06. The molecule has 0 atom stereocenters. The Kier molecular flexibility index (Phi) is 5.47. The van der Waals surface area contributed by atoms with E-state index >= 15 is 0 Å². The predicted molar refractivity (Wildman–Crippen MR) is 74.2 cm³/mol. The highest BCUT2D eigenvalue weighted by atomic mass is 35.5. The molecule has 0 bridgehead atoms. The van der Waals surface area contributed by atoms with E-state index in [0.29, 0.717) is 17.7 Å². The third kappa shape index (κ3) is 3.71. The van der Waals surface area contributed by atoms with Crippen LogP contribution in [-0.2, 0) is 0 Å². The Hall–Kier alpha value is -0.540. The van der Waals surface area contributed by atoms with E-state index < -0.39 is 0 Å². The van der Waals surface area contributed by atoms with E-state index in [4.69, 9.17) is 23.2 Å². The van der Waals surface area contributed by atoms with Crippen molar-refractivity contribution in [2.45, 2.75) is 38.6 Å². The molecule has 0 radical (unpaired) electrons. The van der Waals surface area contributed by atoms with Crippen LogP contribution >= 0.6 is 23.2 Å². The number of hydrogen-bond acceptors (Lipinski definition) is 3. The van der Waals surface area contributed by atoms with E-state index in [-0.39, 0.29) is 5.54 Å². The third-order valence-corrected chi connectivity index (χ3v) is 3.88. The standard InChI is InChI=1S/C12H19Cl2N3/c1-4-12(6-13,7-14)17-11-5-10(9(2)3)15-8-16-11/h5,8-9H,4,6-7H2,1-3H3,(H,15,16,17). The maximum Gasteiger partial charge on any atom is 0.130 e. The average molecular weight is 276 g/mol. The van der Waals surface area contributed by atoms with Crippen LogP contribution in [0, 0.1) is 0 Å². The molecule has 0 unspecified atom stereocenters. The molecule has 17 heavy (non-hydrogen) atoms. The Morgan fingerprint density at radius 3 is 2.41 bits per heavy atom. The molecule has 0 amide bonds. The second kappa shape index (κ2) is 6.41. The SMILES string of the molecule is CCC(CCl)(CCl)Nc1cc(C(C)C)ncn1. The Balaban J connectivity index is 2.90. The van der Waals surface area contributed by atoms with E-state index in [0.717, 1.165) is 17.9 Å². The second-order valence-corrected chi connectivity index (χ2v) is 5.04. The van der Waals surface area contributed by atoms with Gasteiger partial charge in [-0.15, -0.1) is 23.2 Å². The Morgan fingerprint density at radius 2 is 1.94 bits per heavy atom. The van der Waals surface area contributed by atoms with Crippen molar-refractivity contribution in [1.82, 2.24) is 9.97 Å². The molecule has 1 aromatic heterocycles. The molecule has 0 aromatic carbocycles. The molecular weight excluding hydrogens is 257 g/mol. The van der Waals surface area contributed by atoms with E-state index in [1.165, 1.54) is 0 Å². The number of nitrogens with zero attached hydrogens (tertiary/aromatic N) is 2. The Morgan fingerprint density at radius 1 is 1.29 bits per heavy atom. The van der Waals surface area contributed by atoms with E-state index in [2.05, 4.69) is 36.1 Å². The molecule has 96 valence electrons. The van der Waals surface area contributed by atoms with Gasteiger partial charge < -0.3 is 5.32 Å². The van der Waals surface area contributed by atoms with Crippen molar-refractivity contribution >= 4 is 29.0 Å². The van der Waals surface area contributed by atoms with Crippen molar-refractivity contribution in [2.75, 3.05) is 17.1 Å². The minimum Gasteiger partial charge on any atom is -0.362 e. The lowest BCUT2D eigenvalue weighted by Crippen LogP contribution is -2.42. The van der Waals surface area contributed by atoms with Crippen molar-refractivity contribution in [3.8, 4) is 0 Å². The fourth-order valence-electron chi connectivity index (χ4n) is 1.41. The minimum atomic E-state index is -0.300. The maximum absolute atomic E-state index is 5.99. The van der Waals surface area contributed by atoms with Gasteiger partial charge in [0.2, 0.25) is 0 Å². The molecule has 0 aliphatic carbocycles. The number of alkyl halides is 2. The average Bonchev–Trinajstić information content (AvgIpc) is 2.36. The van der Waals surface area contributed by atoms with Gasteiger partial charge in [-0.1, -0.05) is 20.8 Å². The molecule has 1 aromatic rings. The third-order valence-electron chi connectivity index (χ3n) is 2.86. The van der Waals surface area contributed by atoms with Crippen molar-refractivity contribution < 1.29 is 0 Å². The van der Waals surface area contributed by atoms with Crippen molar-refractivity contribution in [3.63, 3.8) is 0 Å². The molecule has 0 aliphatic rings. The highest BCUT2D eigenvalue weighted by Gasteiger charge is 2.26. The quantitative estimate of drug-likeness (QED) is 0.806. The summed E-state index contributed by atoms with van der Waals surface area (Å²) in [5.41, 5.74) is 0.711. The summed E-state index contributed by atoms with van der Waals surface area (Å²) in [7, 11) is 0. The lowest BCUT2D eigenvalue weighted by Gasteiger charge is -2.30. The maximum atomic E-state index is 5.99. The molecule has 0 spiro atoms. The van der Waals surface area contributed by atoms with Crippen molar-refractivity contribution in [3.05, 3.63) is 18.1 Å². The Bertz CT molecular complexity index is 343. The molecule has 0 fully saturated rings. The predicted octanol–water partition coefficient (Wildman–Crippen LogP) is 3.64. The summed E-state index contributed by atoms with van der Waals surface area (Å²) >= 11 is 12.0. The second-order valence-electron chi connectivity index (χ2n) is 4.51. The summed E-state index contributed by atoms with van der Waals surface area (Å²) in [5.74, 6) is 2.07. The number of anilines is 1. The van der Waals surface area contributed by atoms with Crippen LogP contribution < -0.4 is 5.32 Å². The summed E-state index contributed by atoms with van der Waals surface area (Å²) in [4.78, 5) is 8.44. The molecular formula is C12H19Cl2N3. The van der Waals surface area contributed by atoms with Crippen molar-refractivity contribution in [2.24, 2.45) is 0 Å². The monoisotopic (exact) mass is 275 g/mol. The van der Waals surface area contributed by atoms with Crippen LogP contribution in [0.25, 0.3) is 0 Å². The summed E-state index contributed by atoms with van der Waals surface area (Å²) in [6.07, 6.45) is 2.42. The van der Waals surface area contributed by atoms with Crippen LogP contribution in [-0.4, -0.2) is 27.3 Å². The molecule has 3 nitrogen and oxygen atoms in total. The number of hydrogen-bond donors (Lipinski definition) is 1. The molecule has 1 heterocycles. The first-order valence-corrected chi connectivity index (χ1v) is 6.86. The molecule has 0 saturated heterocycles. The van der Waals surface area contributed by atoms with Crippen LogP contribution in [0.2, 0.25) is 0 Å². The molecule has 1 rings (SSSR count). The smallest absolute Gasteiger partial charge is 0.130 e. The highest BCUT2D eigenvalue weighted by molar-refractivity contribution is 6.22. The van der Waals surface area contributed by atoms with Gasteiger partial charge in [0, 0.05) is 23.5 Å². The largest absolute Gasteiger partial charge is 0.362 e. The summed E-state index contributed by atoms with van der Waals surface area (Å²) in [6.45, 7) is 6.26. The first-order valence-electron chi connectivity index (χ1n) is 5.79. The van der Waals surface area contributed by atoms with Crippen LogP contribution in [0.4, 0.5) is 5.82 Å². The van der Waals surface area contributed by atoms with Crippen LogP contribution in [0.1, 0.15) is 38.8 Å². The lowest BCUT2D eigenvalue weighted by molar-refractivity contribution is 0.557. The molecule has 1 N–H and O–H groups in total. The zero-order valence-corrected chi connectivity index (χ0v) is 12.0. The fraction of sp³-hybridized carbons (Fsp3) is 0.667. The van der Waals surface area contributed by atoms with Gasteiger partial charge in [-0.05, 0) is 12.3 Å². The van der Waals surface area contributed by atoms with Gasteiger partial charge in [-0.25, -0.2) is 9.97 Å². The minimum absolute atomic E-state index is 0.300. The number of rotatable bonds is 6. The van der Waals surface area contributed by atoms with Crippen molar-refractivity contribution in [1.29, 1.82) is 0 Å². The first kappa shape index (κ1) is 14.5. The van der Waals surface area contributed by atoms with Crippen LogP contribution in [0.3, 0.4) is 0 Å². The van der Waals surface area contributed by atoms with Gasteiger partial charge in [-0.3, -0.25) is 0 Å². The van der Waals surface area contributed by atoms with E-state index in [1.807, 2.05) is 6.07 Å². The fourth-order valence-corrected chi connectivity index (χ4v) is 2.21. The Labute approximate surface area is 113 Å². The summed E-state index contributed by atoms with van der Waals surface area (Å²) < 4.78 is 0. The van der Waals surface area contributed by atoms with Crippen LogP contribution in [0.5, 0.6) is 0 Å². The van der Waals surface area contributed by atoms with Gasteiger partial charge in [0.25, 0.3) is 0 Å². The lowest BCUT2D eigenvalue weighted by atomic mass is 10.0. The molecule has 0 aliphatic heterocycles. The highest BCUT2D eigenvalue weighted by Crippen LogP contribution is 2.22. The number of halogens is 2. The normalized spacial score (nSPS) is 11.9. The van der Waals surface area contributed by atoms with E-state index in [1.54, 1.807) is 6.33 Å². The van der Waals surface area contributed by atoms with Gasteiger partial charge in [-0.2, -0.15) is 0 Å².